The predicted molar refractivity (Wildman–Crippen MR) is 115 cm³/mol. The van der Waals surface area contributed by atoms with Crippen molar-refractivity contribution in [2.24, 2.45) is 11.3 Å². The van der Waals surface area contributed by atoms with Gasteiger partial charge in [-0.25, -0.2) is 8.42 Å². The summed E-state index contributed by atoms with van der Waals surface area (Å²) in [5, 5.41) is 3.37. The minimum atomic E-state index is -3.74. The van der Waals surface area contributed by atoms with E-state index < -0.39 is 10.0 Å². The van der Waals surface area contributed by atoms with Gasteiger partial charge in [0.25, 0.3) is 0 Å². The number of benzene rings is 1. The first-order chi connectivity index (χ1) is 13.5. The monoisotopic (exact) mass is 445 g/mol. The summed E-state index contributed by atoms with van der Waals surface area (Å²) in [6, 6.07) is 4.54. The molecule has 0 aliphatic carbocycles. The zero-order valence-corrected chi connectivity index (χ0v) is 19.4. The van der Waals surface area contributed by atoms with Crippen LogP contribution in [0.4, 0.5) is 0 Å². The standard InChI is InChI=1S/C20H32ClN3O4S/c1-20(2,14-23(3)4)13-22-19(25)15-8-10-24(11-9-15)29(26,27)18-12-16(21)6-7-17(18)28-5/h6-7,12,15H,8-11,13-14H2,1-5H3,(H,22,25). The molecule has 0 radical (unpaired) electrons. The Bertz CT molecular complexity index is 819. The topological polar surface area (TPSA) is 79.0 Å². The smallest absolute Gasteiger partial charge is 0.246 e. The number of ether oxygens (including phenoxy) is 1. The molecule has 164 valence electrons. The van der Waals surface area contributed by atoms with Gasteiger partial charge >= 0.3 is 0 Å². The van der Waals surface area contributed by atoms with Crippen LogP contribution in [-0.4, -0.2) is 70.9 Å². The van der Waals surface area contributed by atoms with Gasteiger partial charge in [-0.2, -0.15) is 4.31 Å². The van der Waals surface area contributed by atoms with Crippen LogP contribution < -0.4 is 10.1 Å². The zero-order chi connectivity index (χ0) is 21.8. The van der Waals surface area contributed by atoms with Gasteiger partial charge in [0.15, 0.2) is 0 Å². The van der Waals surface area contributed by atoms with E-state index in [2.05, 4.69) is 24.1 Å². The zero-order valence-electron chi connectivity index (χ0n) is 17.9. The van der Waals surface area contributed by atoms with Crippen LogP contribution in [0.15, 0.2) is 23.1 Å². The predicted octanol–water partition coefficient (Wildman–Crippen LogP) is 2.45. The summed E-state index contributed by atoms with van der Waals surface area (Å²) in [4.78, 5) is 14.7. The number of carbonyl (C=O) groups is 1. The number of rotatable bonds is 8. The van der Waals surface area contributed by atoms with Crippen LogP contribution >= 0.6 is 11.6 Å². The van der Waals surface area contributed by atoms with Crippen LogP contribution in [0.1, 0.15) is 26.7 Å². The van der Waals surface area contributed by atoms with Crippen molar-refractivity contribution in [3.63, 3.8) is 0 Å². The van der Waals surface area contributed by atoms with E-state index in [-0.39, 0.29) is 41.0 Å². The maximum atomic E-state index is 13.0. The second kappa shape index (κ2) is 9.64. The minimum Gasteiger partial charge on any atom is -0.495 e. The molecule has 1 aliphatic heterocycles. The first kappa shape index (κ1) is 23.9. The highest BCUT2D eigenvalue weighted by atomic mass is 35.5. The number of nitrogens with zero attached hydrogens (tertiary/aromatic N) is 2. The quantitative estimate of drug-likeness (QED) is 0.664. The van der Waals surface area contributed by atoms with E-state index in [0.717, 1.165) is 6.54 Å². The molecule has 29 heavy (non-hydrogen) atoms. The highest BCUT2D eigenvalue weighted by Gasteiger charge is 2.34. The molecule has 1 heterocycles. The van der Waals surface area contributed by atoms with E-state index in [1.165, 1.54) is 17.5 Å². The lowest BCUT2D eigenvalue weighted by atomic mass is 9.91. The van der Waals surface area contributed by atoms with Gasteiger partial charge in [-0.05, 0) is 50.6 Å². The molecule has 1 fully saturated rings. The fraction of sp³-hybridized carbons (Fsp3) is 0.650. The Morgan fingerprint density at radius 1 is 1.31 bits per heavy atom. The van der Waals surface area contributed by atoms with E-state index in [0.29, 0.717) is 24.4 Å². The molecule has 0 spiro atoms. The summed E-state index contributed by atoms with van der Waals surface area (Å²) in [6.07, 6.45) is 0.976. The lowest BCUT2D eigenvalue weighted by molar-refractivity contribution is -0.126. The molecule has 1 aromatic rings. The summed E-state index contributed by atoms with van der Waals surface area (Å²) >= 11 is 5.99. The number of hydrogen-bond acceptors (Lipinski definition) is 5. The molecule has 1 aliphatic rings. The molecule has 0 aromatic heterocycles. The number of halogens is 1. The lowest BCUT2D eigenvalue weighted by Crippen LogP contribution is -2.46. The average molecular weight is 446 g/mol. The Balaban J connectivity index is 1.98. The van der Waals surface area contributed by atoms with Crippen LogP contribution in [-0.2, 0) is 14.8 Å². The number of hydrogen-bond donors (Lipinski definition) is 1. The number of amides is 1. The van der Waals surface area contributed by atoms with Crippen LogP contribution in [0, 0.1) is 11.3 Å². The first-order valence-corrected chi connectivity index (χ1v) is 11.5. The Morgan fingerprint density at radius 3 is 2.48 bits per heavy atom. The second-order valence-corrected chi connectivity index (χ2v) is 10.9. The highest BCUT2D eigenvalue weighted by molar-refractivity contribution is 7.89. The normalized spacial score (nSPS) is 16.8. The Labute approximate surface area is 179 Å². The van der Waals surface area contributed by atoms with Crippen molar-refractivity contribution in [1.29, 1.82) is 0 Å². The molecule has 0 bridgehead atoms. The van der Waals surface area contributed by atoms with Crippen LogP contribution in [0.3, 0.4) is 0 Å². The number of sulfonamides is 1. The van der Waals surface area contributed by atoms with Crippen LogP contribution in [0.2, 0.25) is 5.02 Å². The van der Waals surface area contributed by atoms with Crippen molar-refractivity contribution < 1.29 is 17.9 Å². The molecule has 7 nitrogen and oxygen atoms in total. The van der Waals surface area contributed by atoms with Gasteiger partial charge in [0, 0.05) is 37.1 Å². The molecular weight excluding hydrogens is 414 g/mol. The molecule has 2 rings (SSSR count). The summed E-state index contributed by atoms with van der Waals surface area (Å²) in [5.41, 5.74) is -0.0354. The van der Waals surface area contributed by atoms with Gasteiger partial charge in [0.05, 0.1) is 7.11 Å². The van der Waals surface area contributed by atoms with Crippen molar-refractivity contribution in [3.05, 3.63) is 23.2 Å². The Hall–Kier alpha value is -1.35. The van der Waals surface area contributed by atoms with Gasteiger partial charge in [0.2, 0.25) is 15.9 Å². The van der Waals surface area contributed by atoms with Gasteiger partial charge in [0.1, 0.15) is 10.6 Å². The molecule has 1 saturated heterocycles. The third-order valence-corrected chi connectivity index (χ3v) is 7.21. The van der Waals surface area contributed by atoms with Gasteiger partial charge in [-0.3, -0.25) is 4.79 Å². The third-order valence-electron chi connectivity index (χ3n) is 5.05. The Kier molecular flexibility index (Phi) is 7.95. The lowest BCUT2D eigenvalue weighted by Gasteiger charge is -2.32. The molecule has 1 aromatic carbocycles. The van der Waals surface area contributed by atoms with Crippen molar-refractivity contribution in [2.45, 2.75) is 31.6 Å². The van der Waals surface area contributed by atoms with Crippen LogP contribution in [0.25, 0.3) is 0 Å². The maximum Gasteiger partial charge on any atom is 0.246 e. The number of nitrogens with one attached hydrogen (secondary N) is 1. The SMILES string of the molecule is COc1ccc(Cl)cc1S(=O)(=O)N1CCC(C(=O)NCC(C)(C)CN(C)C)CC1. The van der Waals surface area contributed by atoms with Gasteiger partial charge in [-0.1, -0.05) is 25.4 Å². The molecule has 1 amide bonds. The first-order valence-electron chi connectivity index (χ1n) is 9.72. The summed E-state index contributed by atoms with van der Waals surface area (Å²) in [6.45, 7) is 6.25. The summed E-state index contributed by atoms with van der Waals surface area (Å²) in [5.74, 6) is 0.0736. The van der Waals surface area contributed by atoms with Crippen LogP contribution in [0.5, 0.6) is 5.75 Å². The molecule has 1 N–H and O–H groups in total. The van der Waals surface area contributed by atoms with Crippen molar-refractivity contribution in [1.82, 2.24) is 14.5 Å². The summed E-state index contributed by atoms with van der Waals surface area (Å²) in [7, 11) is 1.71. The van der Waals surface area contributed by atoms with E-state index in [1.807, 2.05) is 14.1 Å². The fourth-order valence-electron chi connectivity index (χ4n) is 3.73. The minimum absolute atomic E-state index is 0.00536. The number of carbonyl (C=O) groups excluding carboxylic acids is 1. The molecule has 0 atom stereocenters. The second-order valence-electron chi connectivity index (χ2n) is 8.59. The van der Waals surface area contributed by atoms with E-state index in [4.69, 9.17) is 16.3 Å². The van der Waals surface area contributed by atoms with Crippen molar-refractivity contribution in [2.75, 3.05) is 47.4 Å². The Morgan fingerprint density at radius 2 is 1.93 bits per heavy atom. The fourth-order valence-corrected chi connectivity index (χ4v) is 5.62. The number of piperidine rings is 1. The molecular formula is C20H32ClN3O4S. The molecule has 0 saturated carbocycles. The third kappa shape index (κ3) is 6.31. The van der Waals surface area contributed by atoms with E-state index >= 15 is 0 Å². The molecule has 0 unspecified atom stereocenters. The highest BCUT2D eigenvalue weighted by Crippen LogP contribution is 2.32. The maximum absolute atomic E-state index is 13.0. The van der Waals surface area contributed by atoms with Gasteiger partial charge < -0.3 is 15.0 Å². The number of methoxy groups -OCH3 is 1. The van der Waals surface area contributed by atoms with E-state index in [9.17, 15) is 13.2 Å². The van der Waals surface area contributed by atoms with Gasteiger partial charge in [-0.15, -0.1) is 0 Å². The van der Waals surface area contributed by atoms with Crippen molar-refractivity contribution in [3.8, 4) is 5.75 Å². The summed E-state index contributed by atoms with van der Waals surface area (Å²) < 4.78 is 32.7. The van der Waals surface area contributed by atoms with Crippen molar-refractivity contribution >= 4 is 27.5 Å². The molecule has 9 heteroatoms. The average Bonchev–Trinajstić information content (AvgIpc) is 2.65. The largest absolute Gasteiger partial charge is 0.495 e. The van der Waals surface area contributed by atoms with E-state index in [1.54, 1.807) is 12.1 Å².